The van der Waals surface area contributed by atoms with Crippen LogP contribution in [0.15, 0.2) is 21.3 Å². The van der Waals surface area contributed by atoms with Gasteiger partial charge in [-0.15, -0.1) is 5.10 Å². The first-order valence-electron chi connectivity index (χ1n) is 6.82. The minimum atomic E-state index is -0.670. The summed E-state index contributed by atoms with van der Waals surface area (Å²) >= 11 is 12.2. The number of aromatic nitrogens is 2. The highest BCUT2D eigenvalue weighted by Crippen LogP contribution is 2.33. The van der Waals surface area contributed by atoms with Crippen molar-refractivity contribution >= 4 is 29.0 Å². The maximum absolute atomic E-state index is 12.0. The molecule has 124 valence electrons. The second-order valence-corrected chi connectivity index (χ2v) is 6.87. The van der Waals surface area contributed by atoms with Gasteiger partial charge in [0.25, 0.3) is 0 Å². The Morgan fingerprint density at radius 1 is 1.30 bits per heavy atom. The number of Topliss-reactive ketones (excluding diaryl/α,β-unsaturated/α-hetero) is 1. The van der Waals surface area contributed by atoms with E-state index >= 15 is 0 Å². The number of carbonyl (C=O) groups excluding carboxylic acids is 1. The van der Waals surface area contributed by atoms with E-state index in [1.807, 2.05) is 20.8 Å². The fourth-order valence-electron chi connectivity index (χ4n) is 1.70. The quantitative estimate of drug-likeness (QED) is 0.837. The van der Waals surface area contributed by atoms with Gasteiger partial charge < -0.3 is 9.15 Å². The van der Waals surface area contributed by atoms with Crippen LogP contribution in [0.2, 0.25) is 10.0 Å². The first-order chi connectivity index (χ1) is 10.6. The summed E-state index contributed by atoms with van der Waals surface area (Å²) in [4.78, 5) is 23.1. The van der Waals surface area contributed by atoms with Gasteiger partial charge in [0.1, 0.15) is 12.4 Å². The van der Waals surface area contributed by atoms with Gasteiger partial charge in [0, 0.05) is 11.5 Å². The molecule has 23 heavy (non-hydrogen) atoms. The van der Waals surface area contributed by atoms with E-state index in [1.54, 1.807) is 0 Å². The number of hydrogen-bond donors (Lipinski definition) is 0. The highest BCUT2D eigenvalue weighted by Gasteiger charge is 2.24. The van der Waals surface area contributed by atoms with Crippen LogP contribution in [0.1, 0.15) is 33.6 Å². The van der Waals surface area contributed by atoms with Crippen LogP contribution in [0.25, 0.3) is 5.69 Å². The summed E-state index contributed by atoms with van der Waals surface area (Å²) in [5.41, 5.74) is -0.170. The molecule has 6 nitrogen and oxygen atoms in total. The number of ether oxygens (including phenoxy) is 1. The predicted octanol–water partition coefficient (Wildman–Crippen LogP) is 3.40. The molecule has 0 saturated heterocycles. The summed E-state index contributed by atoms with van der Waals surface area (Å²) in [6.45, 7) is 6.86. The zero-order valence-corrected chi connectivity index (χ0v) is 14.7. The predicted molar refractivity (Wildman–Crippen MR) is 87.0 cm³/mol. The van der Waals surface area contributed by atoms with Gasteiger partial charge in [-0.05, 0) is 13.0 Å². The van der Waals surface area contributed by atoms with Gasteiger partial charge in [-0.2, -0.15) is 4.68 Å². The molecule has 1 aromatic heterocycles. The molecule has 0 unspecified atom stereocenters. The second-order valence-electron chi connectivity index (χ2n) is 6.06. The van der Waals surface area contributed by atoms with Crippen molar-refractivity contribution < 1.29 is 13.9 Å². The van der Waals surface area contributed by atoms with Crippen LogP contribution >= 0.6 is 23.2 Å². The number of nitrogens with zero attached hydrogens (tertiary/aromatic N) is 2. The molecule has 8 heteroatoms. The Labute approximate surface area is 142 Å². The van der Waals surface area contributed by atoms with E-state index in [0.717, 1.165) is 4.68 Å². The Bertz CT molecular complexity index is 803. The minimum absolute atomic E-state index is 0.137. The van der Waals surface area contributed by atoms with E-state index in [-0.39, 0.29) is 39.8 Å². The Balaban J connectivity index is 2.51. The number of benzene rings is 1. The fourth-order valence-corrected chi connectivity index (χ4v) is 2.22. The Hall–Kier alpha value is -1.79. The van der Waals surface area contributed by atoms with Crippen LogP contribution in [0.5, 0.6) is 5.75 Å². The zero-order chi connectivity index (χ0) is 17.4. The molecule has 0 aliphatic rings. The molecular formula is C15H16Cl2N2O4. The maximum Gasteiger partial charge on any atom is 0.442 e. The number of carbonyl (C=O) groups is 1. The van der Waals surface area contributed by atoms with E-state index in [4.69, 9.17) is 32.4 Å². The van der Waals surface area contributed by atoms with Crippen molar-refractivity contribution in [3.63, 3.8) is 0 Å². The first kappa shape index (κ1) is 17.6. The lowest BCUT2D eigenvalue weighted by molar-refractivity contribution is -0.118. The third-order valence-electron chi connectivity index (χ3n) is 2.85. The van der Waals surface area contributed by atoms with Crippen LogP contribution in [0.4, 0.5) is 0 Å². The van der Waals surface area contributed by atoms with Crippen LogP contribution in [0, 0.1) is 0 Å². The van der Waals surface area contributed by atoms with Gasteiger partial charge in [-0.1, -0.05) is 44.0 Å². The highest BCUT2D eigenvalue weighted by atomic mass is 35.5. The number of ketones is 1. The van der Waals surface area contributed by atoms with E-state index < -0.39 is 11.2 Å². The Morgan fingerprint density at radius 3 is 2.48 bits per heavy atom. The Kier molecular flexibility index (Phi) is 4.87. The van der Waals surface area contributed by atoms with E-state index in [1.165, 1.54) is 19.1 Å². The molecule has 2 rings (SSSR count). The third-order valence-corrected chi connectivity index (χ3v) is 3.45. The molecule has 0 aliphatic heterocycles. The van der Waals surface area contributed by atoms with Gasteiger partial charge in [0.2, 0.25) is 5.89 Å². The lowest BCUT2D eigenvalue weighted by Crippen LogP contribution is -2.15. The zero-order valence-electron chi connectivity index (χ0n) is 13.1. The molecule has 1 heterocycles. The van der Waals surface area contributed by atoms with Gasteiger partial charge in [-0.25, -0.2) is 4.79 Å². The standard InChI is InChI=1S/C15H16Cl2N2O4/c1-8(20)7-22-12-6-11(9(16)5-10(12)17)19-14(21)23-13(18-19)15(2,3)4/h5-6H,7H2,1-4H3. The van der Waals surface area contributed by atoms with Gasteiger partial charge in [-0.3, -0.25) is 4.79 Å². The molecule has 0 bridgehead atoms. The first-order valence-corrected chi connectivity index (χ1v) is 7.57. The maximum atomic E-state index is 12.0. The summed E-state index contributed by atoms with van der Waals surface area (Å²) in [6.07, 6.45) is 0. The molecule has 0 fully saturated rings. The average Bonchev–Trinajstić information content (AvgIpc) is 2.79. The fraction of sp³-hybridized carbons (Fsp3) is 0.400. The molecule has 0 N–H and O–H groups in total. The number of hydrogen-bond acceptors (Lipinski definition) is 5. The molecule has 0 amide bonds. The molecule has 1 aromatic carbocycles. The van der Waals surface area contributed by atoms with E-state index in [0.29, 0.717) is 0 Å². The molecule has 2 aromatic rings. The van der Waals surface area contributed by atoms with Crippen LogP contribution in [-0.4, -0.2) is 22.2 Å². The minimum Gasteiger partial charge on any atom is -0.484 e. The van der Waals surface area contributed by atoms with Crippen molar-refractivity contribution in [1.82, 2.24) is 9.78 Å². The largest absolute Gasteiger partial charge is 0.484 e. The molecular weight excluding hydrogens is 343 g/mol. The van der Waals surface area contributed by atoms with Crippen molar-refractivity contribution in [2.24, 2.45) is 0 Å². The van der Waals surface area contributed by atoms with Crippen molar-refractivity contribution in [3.05, 3.63) is 38.6 Å². The topological polar surface area (TPSA) is 74.3 Å². The van der Waals surface area contributed by atoms with Crippen LogP contribution in [0.3, 0.4) is 0 Å². The van der Waals surface area contributed by atoms with Gasteiger partial charge in [0.15, 0.2) is 5.78 Å². The lowest BCUT2D eigenvalue weighted by atomic mass is 9.97. The lowest BCUT2D eigenvalue weighted by Gasteiger charge is -2.11. The smallest absolute Gasteiger partial charge is 0.442 e. The third kappa shape index (κ3) is 3.95. The summed E-state index contributed by atoms with van der Waals surface area (Å²) < 4.78 is 11.5. The SMILES string of the molecule is CC(=O)COc1cc(-n2nc(C(C)(C)C)oc2=O)c(Cl)cc1Cl. The van der Waals surface area contributed by atoms with Crippen molar-refractivity contribution in [2.75, 3.05) is 6.61 Å². The number of rotatable bonds is 4. The van der Waals surface area contributed by atoms with E-state index in [9.17, 15) is 9.59 Å². The molecule has 0 atom stereocenters. The van der Waals surface area contributed by atoms with Crippen molar-refractivity contribution in [2.45, 2.75) is 33.1 Å². The van der Waals surface area contributed by atoms with Gasteiger partial charge in [0.05, 0.1) is 15.7 Å². The van der Waals surface area contributed by atoms with Gasteiger partial charge >= 0.3 is 5.76 Å². The monoisotopic (exact) mass is 358 g/mol. The van der Waals surface area contributed by atoms with Crippen molar-refractivity contribution in [1.29, 1.82) is 0 Å². The van der Waals surface area contributed by atoms with E-state index in [2.05, 4.69) is 5.10 Å². The normalized spacial score (nSPS) is 11.6. The summed E-state index contributed by atoms with van der Waals surface area (Å²) in [5, 5.41) is 4.60. The van der Waals surface area contributed by atoms with Crippen LogP contribution < -0.4 is 10.5 Å². The molecule has 0 aliphatic carbocycles. The molecule has 0 spiro atoms. The second kappa shape index (κ2) is 6.37. The summed E-state index contributed by atoms with van der Waals surface area (Å²) in [5.74, 6) is -0.323. The summed E-state index contributed by atoms with van der Waals surface area (Å²) in [6, 6.07) is 2.87. The molecule has 0 radical (unpaired) electrons. The molecule has 0 saturated carbocycles. The van der Waals surface area contributed by atoms with Crippen LogP contribution in [-0.2, 0) is 10.2 Å². The summed E-state index contributed by atoms with van der Waals surface area (Å²) in [7, 11) is 0. The highest BCUT2D eigenvalue weighted by molar-refractivity contribution is 6.36. The number of halogens is 2. The van der Waals surface area contributed by atoms with Crippen molar-refractivity contribution in [3.8, 4) is 11.4 Å². The average molecular weight is 359 g/mol. The Morgan fingerprint density at radius 2 is 1.96 bits per heavy atom.